The Morgan fingerprint density at radius 2 is 1.10 bits per heavy atom. The number of thiophene rings is 1. The summed E-state index contributed by atoms with van der Waals surface area (Å²) in [4.78, 5) is 4.40. The van der Waals surface area contributed by atoms with Gasteiger partial charge in [-0.1, -0.05) is 127 Å². The van der Waals surface area contributed by atoms with Gasteiger partial charge in [-0.15, -0.1) is 11.3 Å². The zero-order valence-electron chi connectivity index (χ0n) is 46.2. The zero-order valence-corrected chi connectivity index (χ0v) is 40.1. The van der Waals surface area contributed by atoms with Gasteiger partial charge in [-0.3, -0.25) is 0 Å². The molecule has 4 heteroatoms. The van der Waals surface area contributed by atoms with E-state index in [9.17, 15) is 9.60 Å². The molecule has 6 aromatic rings. The molecule has 2 aliphatic carbocycles. The van der Waals surface area contributed by atoms with Crippen LogP contribution < -0.4 is 25.5 Å². The number of anilines is 6. The number of fused-ring (bicyclic) bond motifs is 8. The van der Waals surface area contributed by atoms with Crippen molar-refractivity contribution in [3.63, 3.8) is 0 Å². The van der Waals surface area contributed by atoms with Gasteiger partial charge < -0.3 is 9.80 Å². The standard InChI is InChI=1S/C57H67BN2S/c1-34-28-46-49-47(29-34)60(37-19-16-35(17-20-37)52(2,3)4)50-39-30-36(53(5,6)7)18-23-48(39)61-51(50)58(49)44-32-42-43(57(14,15)27-26-56(42,12)13)33-45(44)59(46)38-21-22-40-41(31-38)55(10,11)25-24-54(40,8)9/h16-23,28-33H,24-27H2,1-15H3/i16D,17D,18D,19D,20D,23D,30D. The summed E-state index contributed by atoms with van der Waals surface area (Å²) in [7, 11) is 0. The Morgan fingerprint density at radius 3 is 1.69 bits per heavy atom. The summed E-state index contributed by atoms with van der Waals surface area (Å²) in [6.45, 7) is 32.4. The molecule has 0 N–H and O–H groups in total. The maximum atomic E-state index is 10.1. The van der Waals surface area contributed by atoms with Crippen molar-refractivity contribution >= 4 is 78.0 Å². The van der Waals surface area contributed by atoms with Crippen LogP contribution >= 0.6 is 11.3 Å². The van der Waals surface area contributed by atoms with Crippen molar-refractivity contribution in [3.05, 3.63) is 124 Å². The second-order valence-electron chi connectivity index (χ2n) is 23.5. The normalized spacial score (nSPS) is 20.8. The Balaban J connectivity index is 1.41. The highest BCUT2D eigenvalue weighted by Crippen LogP contribution is 2.54. The van der Waals surface area contributed by atoms with E-state index in [-0.39, 0.29) is 76.4 Å². The van der Waals surface area contributed by atoms with E-state index in [4.69, 9.17) is 0 Å². The molecule has 0 spiro atoms. The van der Waals surface area contributed by atoms with E-state index >= 15 is 0 Å². The highest BCUT2D eigenvalue weighted by molar-refractivity contribution is 7.33. The number of hydrogen-bond acceptors (Lipinski definition) is 3. The summed E-state index contributed by atoms with van der Waals surface area (Å²) in [6.07, 6.45) is 4.30. The van der Waals surface area contributed by atoms with Crippen LogP contribution in [0.2, 0.25) is 0 Å². The van der Waals surface area contributed by atoms with Crippen molar-refractivity contribution in [2.75, 3.05) is 9.80 Å². The molecule has 2 nitrogen and oxygen atoms in total. The van der Waals surface area contributed by atoms with E-state index < -0.39 is 10.8 Å². The van der Waals surface area contributed by atoms with E-state index in [1.807, 2.05) is 46.4 Å². The molecule has 10 rings (SSSR count). The molecule has 0 atom stereocenters. The van der Waals surface area contributed by atoms with Crippen molar-refractivity contribution in [3.8, 4) is 0 Å². The largest absolute Gasteiger partial charge is 0.311 e. The van der Waals surface area contributed by atoms with Crippen LogP contribution in [-0.4, -0.2) is 6.71 Å². The zero-order chi connectivity index (χ0) is 49.7. The average Bonchev–Trinajstić information content (AvgIpc) is 3.63. The van der Waals surface area contributed by atoms with Crippen molar-refractivity contribution in [2.24, 2.45) is 0 Å². The molecule has 0 unspecified atom stereocenters. The Morgan fingerprint density at radius 1 is 0.574 bits per heavy atom. The summed E-state index contributed by atoms with van der Waals surface area (Å²) < 4.78 is 69.5. The van der Waals surface area contributed by atoms with E-state index in [0.29, 0.717) is 26.9 Å². The van der Waals surface area contributed by atoms with E-state index in [1.54, 1.807) is 0 Å². The third-order valence-electron chi connectivity index (χ3n) is 15.0. The molecule has 4 aliphatic rings. The van der Waals surface area contributed by atoms with Crippen molar-refractivity contribution in [2.45, 2.75) is 162 Å². The smallest absolute Gasteiger partial charge is 0.264 e. The molecular formula is C57H67BN2S. The molecule has 61 heavy (non-hydrogen) atoms. The third kappa shape index (κ3) is 6.15. The maximum Gasteiger partial charge on any atom is 0.264 e. The van der Waals surface area contributed by atoms with Crippen LogP contribution in [0.5, 0.6) is 0 Å². The lowest BCUT2D eigenvalue weighted by atomic mass is 9.35. The first-order chi connectivity index (χ1) is 31.3. The van der Waals surface area contributed by atoms with Gasteiger partial charge in [-0.2, -0.15) is 0 Å². The van der Waals surface area contributed by atoms with Crippen molar-refractivity contribution < 1.29 is 9.60 Å². The second kappa shape index (κ2) is 12.9. The highest BCUT2D eigenvalue weighted by Gasteiger charge is 2.48. The van der Waals surface area contributed by atoms with Gasteiger partial charge in [0, 0.05) is 43.3 Å². The van der Waals surface area contributed by atoms with Gasteiger partial charge >= 0.3 is 0 Å². The lowest BCUT2D eigenvalue weighted by Crippen LogP contribution is -2.61. The van der Waals surface area contributed by atoms with Crippen LogP contribution in [0.3, 0.4) is 0 Å². The quantitative estimate of drug-likeness (QED) is 0.160. The number of hydrogen-bond donors (Lipinski definition) is 0. The average molecular weight is 830 g/mol. The van der Waals surface area contributed by atoms with Crippen LogP contribution in [-0.2, 0) is 32.5 Å². The van der Waals surface area contributed by atoms with Crippen LogP contribution in [0.4, 0.5) is 34.1 Å². The van der Waals surface area contributed by atoms with Crippen LogP contribution in [0.25, 0.3) is 10.1 Å². The lowest BCUT2D eigenvalue weighted by Gasteiger charge is -2.47. The van der Waals surface area contributed by atoms with Gasteiger partial charge in [-0.05, 0) is 169 Å². The predicted molar refractivity (Wildman–Crippen MR) is 269 cm³/mol. The van der Waals surface area contributed by atoms with Gasteiger partial charge in [0.1, 0.15) is 0 Å². The molecule has 5 aromatic carbocycles. The van der Waals surface area contributed by atoms with E-state index in [2.05, 4.69) is 110 Å². The fraction of sp³-hybridized carbons (Fsp3) is 0.439. The topological polar surface area (TPSA) is 6.48 Å². The van der Waals surface area contributed by atoms with Gasteiger partial charge in [-0.25, -0.2) is 0 Å². The van der Waals surface area contributed by atoms with Crippen molar-refractivity contribution in [1.29, 1.82) is 0 Å². The molecule has 0 fully saturated rings. The Bertz CT molecular complexity index is 3190. The molecule has 0 saturated carbocycles. The summed E-state index contributed by atoms with van der Waals surface area (Å²) in [6, 6.07) is 16.3. The molecule has 3 heterocycles. The summed E-state index contributed by atoms with van der Waals surface area (Å²) >= 11 is 1.45. The fourth-order valence-corrected chi connectivity index (χ4v) is 12.1. The first kappa shape index (κ1) is 33.3. The van der Waals surface area contributed by atoms with E-state index in [0.717, 1.165) is 69.7 Å². The lowest BCUT2D eigenvalue weighted by molar-refractivity contribution is 0.332. The minimum absolute atomic E-state index is 0.0284. The Labute approximate surface area is 381 Å². The predicted octanol–water partition coefficient (Wildman–Crippen LogP) is 14.6. The number of benzene rings is 5. The van der Waals surface area contributed by atoms with Gasteiger partial charge in [0.15, 0.2) is 0 Å². The molecule has 314 valence electrons. The first-order valence-electron chi connectivity index (χ1n) is 26.1. The molecule has 0 bridgehead atoms. The monoisotopic (exact) mass is 830 g/mol. The van der Waals surface area contributed by atoms with Crippen molar-refractivity contribution in [1.82, 2.24) is 0 Å². The molecule has 0 radical (unpaired) electrons. The first-order valence-corrected chi connectivity index (χ1v) is 23.4. The SMILES string of the molecule is [2H]c1c([2H])c(C(C)(C)C)c([2H])c([2H])c1N1c2cc(C)cc3c2B(c2cc4c(cc2N3c2ccc3c(c2)C(C)(C)CCC3(C)C)C(C)(C)CCC4(C)C)c2sc3c([2H])c([2H])c(C(C)(C)C)c([2H])c3c21. The Hall–Kier alpha value is -4.28. The summed E-state index contributed by atoms with van der Waals surface area (Å²) in [5.41, 5.74) is 12.4. The minimum atomic E-state index is -0.668. The molecule has 0 amide bonds. The second-order valence-corrected chi connectivity index (χ2v) is 24.6. The maximum absolute atomic E-state index is 10.1. The fourth-order valence-electron chi connectivity index (χ4n) is 10.9. The molecule has 0 saturated heterocycles. The highest BCUT2D eigenvalue weighted by atomic mass is 32.1. The number of nitrogens with zero attached hydrogens (tertiary/aromatic N) is 2. The van der Waals surface area contributed by atoms with Crippen LogP contribution in [0, 0.1) is 6.92 Å². The summed E-state index contributed by atoms with van der Waals surface area (Å²) in [5, 5.41) is 0.518. The third-order valence-corrected chi connectivity index (χ3v) is 16.1. The number of rotatable bonds is 2. The Kier molecular flexibility index (Phi) is 7.05. The number of aryl methyl sites for hydroxylation is 1. The molecule has 2 aliphatic heterocycles. The van der Waals surface area contributed by atoms with Gasteiger partial charge in [0.2, 0.25) is 0 Å². The van der Waals surface area contributed by atoms with Crippen LogP contribution in [0.15, 0.2) is 84.8 Å². The molecule has 1 aromatic heterocycles. The minimum Gasteiger partial charge on any atom is -0.311 e. The van der Waals surface area contributed by atoms with Gasteiger partial charge in [0.05, 0.1) is 15.3 Å². The van der Waals surface area contributed by atoms with E-state index in [1.165, 1.54) is 33.6 Å². The molecular weight excluding hydrogens is 756 g/mol. The van der Waals surface area contributed by atoms with Crippen LogP contribution in [0.1, 0.15) is 171 Å². The van der Waals surface area contributed by atoms with Gasteiger partial charge in [0.25, 0.3) is 6.71 Å². The summed E-state index contributed by atoms with van der Waals surface area (Å²) in [5.74, 6) is 0.